The summed E-state index contributed by atoms with van der Waals surface area (Å²) in [4.78, 5) is 12.8. The van der Waals surface area contributed by atoms with Crippen LogP contribution in [0.4, 0.5) is 0 Å². The second-order valence-corrected chi connectivity index (χ2v) is 4.80. The van der Waals surface area contributed by atoms with Crippen LogP contribution in [0, 0.1) is 0 Å². The Labute approximate surface area is 160 Å². The van der Waals surface area contributed by atoms with Gasteiger partial charge in [-0.3, -0.25) is 15.0 Å². The summed E-state index contributed by atoms with van der Waals surface area (Å²) in [6.45, 7) is 4.78. The van der Waals surface area contributed by atoms with Crippen LogP contribution in [0.2, 0.25) is 0 Å². The monoisotopic (exact) mass is 441 g/mol. The van der Waals surface area contributed by atoms with E-state index in [0.717, 1.165) is 30.4 Å². The third kappa shape index (κ3) is 8.09. The molecule has 0 fully saturated rings. The number of nitrogens with zero attached hydrogens (tertiary/aromatic N) is 3. The first-order valence-electron chi connectivity index (χ1n) is 7.83. The lowest BCUT2D eigenvalue weighted by Crippen LogP contribution is -2.39. The van der Waals surface area contributed by atoms with Crippen molar-refractivity contribution in [2.75, 3.05) is 26.2 Å². The van der Waals surface area contributed by atoms with Gasteiger partial charge in [0.1, 0.15) is 12.4 Å². The van der Waals surface area contributed by atoms with Gasteiger partial charge in [-0.25, -0.2) is 0 Å². The molecule has 0 aliphatic rings. The van der Waals surface area contributed by atoms with Crippen molar-refractivity contribution in [2.24, 2.45) is 4.99 Å². The zero-order valence-corrected chi connectivity index (χ0v) is 16.1. The number of rotatable bonds is 8. The fourth-order valence-corrected chi connectivity index (χ4v) is 1.94. The van der Waals surface area contributed by atoms with E-state index in [9.17, 15) is 0 Å². The van der Waals surface area contributed by atoms with Gasteiger partial charge in [-0.2, -0.15) is 0 Å². The van der Waals surface area contributed by atoms with Gasteiger partial charge in [-0.05, 0) is 31.2 Å². The molecule has 7 heteroatoms. The number of ether oxygens (including phenoxy) is 1. The maximum absolute atomic E-state index is 5.59. The lowest BCUT2D eigenvalue weighted by Gasteiger charge is -2.12. The van der Waals surface area contributed by atoms with Crippen LogP contribution in [0.15, 0.2) is 53.9 Å². The van der Waals surface area contributed by atoms with Crippen LogP contribution in [0.25, 0.3) is 0 Å². The van der Waals surface area contributed by atoms with Gasteiger partial charge in [0.15, 0.2) is 5.96 Å². The average Bonchev–Trinajstić information content (AvgIpc) is 2.60. The molecule has 0 spiro atoms. The predicted octanol–water partition coefficient (Wildman–Crippen LogP) is 2.27. The normalized spacial score (nSPS) is 10.6. The van der Waals surface area contributed by atoms with Gasteiger partial charge < -0.3 is 15.4 Å². The third-order valence-electron chi connectivity index (χ3n) is 3.01. The molecule has 0 amide bonds. The third-order valence-corrected chi connectivity index (χ3v) is 3.01. The molecule has 0 atom stereocenters. The molecule has 6 nitrogen and oxygen atoms in total. The van der Waals surface area contributed by atoms with Crippen LogP contribution >= 0.6 is 24.0 Å². The second kappa shape index (κ2) is 12.5. The highest BCUT2D eigenvalue weighted by atomic mass is 127. The molecular weight excluding hydrogens is 417 g/mol. The second-order valence-electron chi connectivity index (χ2n) is 4.80. The molecule has 0 aromatic carbocycles. The van der Waals surface area contributed by atoms with E-state index in [-0.39, 0.29) is 24.0 Å². The molecule has 130 valence electrons. The number of halogens is 1. The summed E-state index contributed by atoms with van der Waals surface area (Å²) in [6, 6.07) is 9.66. The zero-order valence-electron chi connectivity index (χ0n) is 13.8. The van der Waals surface area contributed by atoms with Crippen LogP contribution in [-0.2, 0) is 6.42 Å². The van der Waals surface area contributed by atoms with Crippen molar-refractivity contribution in [1.82, 2.24) is 20.6 Å². The van der Waals surface area contributed by atoms with Crippen LogP contribution in [0.5, 0.6) is 5.75 Å². The first-order valence-corrected chi connectivity index (χ1v) is 7.83. The minimum Gasteiger partial charge on any atom is -0.490 e. The van der Waals surface area contributed by atoms with Gasteiger partial charge in [0.05, 0.1) is 12.7 Å². The van der Waals surface area contributed by atoms with Crippen molar-refractivity contribution in [3.05, 3.63) is 54.6 Å². The Morgan fingerprint density at radius 3 is 2.79 bits per heavy atom. The van der Waals surface area contributed by atoms with Gasteiger partial charge in [-0.15, -0.1) is 24.0 Å². The first-order chi connectivity index (χ1) is 11.4. The minimum atomic E-state index is 0. The van der Waals surface area contributed by atoms with Crippen LogP contribution in [0.3, 0.4) is 0 Å². The maximum Gasteiger partial charge on any atom is 0.191 e. The zero-order chi connectivity index (χ0) is 16.2. The van der Waals surface area contributed by atoms with Crippen molar-refractivity contribution in [3.8, 4) is 5.75 Å². The van der Waals surface area contributed by atoms with E-state index >= 15 is 0 Å². The summed E-state index contributed by atoms with van der Waals surface area (Å²) in [5.74, 6) is 1.56. The smallest absolute Gasteiger partial charge is 0.191 e. The van der Waals surface area contributed by atoms with E-state index in [0.29, 0.717) is 19.7 Å². The Balaban J connectivity index is 0.00000288. The molecule has 0 saturated carbocycles. The first kappa shape index (κ1) is 20.1. The molecule has 0 unspecified atom stereocenters. The molecule has 0 bridgehead atoms. The van der Waals surface area contributed by atoms with E-state index < -0.39 is 0 Å². The van der Waals surface area contributed by atoms with E-state index in [1.807, 2.05) is 37.3 Å². The number of pyridine rings is 2. The summed E-state index contributed by atoms with van der Waals surface area (Å²) in [5, 5.41) is 6.47. The summed E-state index contributed by atoms with van der Waals surface area (Å²) in [5.41, 5.74) is 1.05. The predicted molar refractivity (Wildman–Crippen MR) is 107 cm³/mol. The number of guanidine groups is 1. The molecular formula is C17H24IN5O. The highest BCUT2D eigenvalue weighted by molar-refractivity contribution is 14.0. The molecule has 2 aromatic rings. The van der Waals surface area contributed by atoms with Crippen molar-refractivity contribution in [2.45, 2.75) is 13.3 Å². The number of hydrogen-bond acceptors (Lipinski definition) is 4. The number of aromatic nitrogens is 2. The van der Waals surface area contributed by atoms with Crippen molar-refractivity contribution in [3.63, 3.8) is 0 Å². The van der Waals surface area contributed by atoms with E-state index in [4.69, 9.17) is 4.74 Å². The molecule has 0 saturated heterocycles. The Bertz CT molecular complexity index is 580. The summed E-state index contributed by atoms with van der Waals surface area (Å²) in [7, 11) is 0. The lowest BCUT2D eigenvalue weighted by atomic mass is 10.3. The number of aliphatic imine (C=N–C) groups is 1. The highest BCUT2D eigenvalue weighted by Crippen LogP contribution is 2.04. The summed E-state index contributed by atoms with van der Waals surface area (Å²) < 4.78 is 5.59. The molecule has 2 N–H and O–H groups in total. The average molecular weight is 441 g/mol. The van der Waals surface area contributed by atoms with Crippen molar-refractivity contribution >= 4 is 29.9 Å². The summed E-state index contributed by atoms with van der Waals surface area (Å²) in [6.07, 6.45) is 6.05. The van der Waals surface area contributed by atoms with Gasteiger partial charge in [0, 0.05) is 37.6 Å². The Morgan fingerprint density at radius 2 is 2.08 bits per heavy atom. The fourth-order valence-electron chi connectivity index (χ4n) is 1.94. The van der Waals surface area contributed by atoms with Gasteiger partial charge in [-0.1, -0.05) is 6.07 Å². The van der Waals surface area contributed by atoms with Crippen LogP contribution < -0.4 is 15.4 Å². The van der Waals surface area contributed by atoms with Gasteiger partial charge in [0.25, 0.3) is 0 Å². The largest absolute Gasteiger partial charge is 0.490 e. The lowest BCUT2D eigenvalue weighted by molar-refractivity contribution is 0.320. The number of nitrogens with one attached hydrogen (secondary N) is 2. The Kier molecular flexibility index (Phi) is 10.5. The molecule has 2 heterocycles. The van der Waals surface area contributed by atoms with E-state index in [1.54, 1.807) is 18.6 Å². The van der Waals surface area contributed by atoms with Crippen LogP contribution in [-0.4, -0.2) is 42.2 Å². The van der Waals surface area contributed by atoms with Crippen molar-refractivity contribution in [1.29, 1.82) is 0 Å². The highest BCUT2D eigenvalue weighted by Gasteiger charge is 1.98. The van der Waals surface area contributed by atoms with Crippen molar-refractivity contribution < 1.29 is 4.74 Å². The fraction of sp³-hybridized carbons (Fsp3) is 0.353. The molecule has 24 heavy (non-hydrogen) atoms. The minimum absolute atomic E-state index is 0. The van der Waals surface area contributed by atoms with E-state index in [2.05, 4.69) is 25.6 Å². The molecule has 0 aliphatic heterocycles. The molecule has 0 aliphatic carbocycles. The molecule has 2 rings (SSSR count). The number of hydrogen-bond donors (Lipinski definition) is 2. The summed E-state index contributed by atoms with van der Waals surface area (Å²) >= 11 is 0. The maximum atomic E-state index is 5.59. The van der Waals surface area contributed by atoms with Gasteiger partial charge in [0.2, 0.25) is 0 Å². The molecule has 2 aromatic heterocycles. The SMILES string of the molecule is CCNC(=NCCc1ccccn1)NCCOc1cccnc1.I. The van der Waals surface area contributed by atoms with E-state index in [1.165, 1.54) is 0 Å². The topological polar surface area (TPSA) is 71.4 Å². The Morgan fingerprint density at radius 1 is 1.17 bits per heavy atom. The van der Waals surface area contributed by atoms with Gasteiger partial charge >= 0.3 is 0 Å². The molecule has 0 radical (unpaired) electrons. The standard InChI is InChI=1S/C17H23N5O.HI/c1-2-19-17(21-11-8-15-6-3-4-10-20-15)22-12-13-23-16-7-5-9-18-14-16;/h3-7,9-10,14H,2,8,11-13H2,1H3,(H2,19,21,22);1H. The quantitative estimate of drug-likeness (QED) is 0.285. The Hall–Kier alpha value is -1.90. The van der Waals surface area contributed by atoms with Crippen LogP contribution in [0.1, 0.15) is 12.6 Å².